The highest BCUT2D eigenvalue weighted by Crippen LogP contribution is 2.28. The predicted molar refractivity (Wildman–Crippen MR) is 110 cm³/mol. The van der Waals surface area contributed by atoms with Crippen molar-refractivity contribution in [2.75, 3.05) is 20.3 Å². The van der Waals surface area contributed by atoms with Gasteiger partial charge < -0.3 is 19.5 Å². The van der Waals surface area contributed by atoms with E-state index in [2.05, 4.69) is 28.2 Å². The van der Waals surface area contributed by atoms with Crippen LogP contribution in [0.4, 0.5) is 0 Å². The fourth-order valence-electron chi connectivity index (χ4n) is 2.45. The van der Waals surface area contributed by atoms with Gasteiger partial charge in [0.25, 0.3) is 5.91 Å². The molecule has 5 nitrogen and oxygen atoms in total. The number of hydrogen-bond donors (Lipinski definition) is 1. The van der Waals surface area contributed by atoms with Crippen LogP contribution in [0.3, 0.4) is 0 Å². The first kappa shape index (κ1) is 21.1. The van der Waals surface area contributed by atoms with E-state index in [0.29, 0.717) is 42.6 Å². The fourth-order valence-corrected chi connectivity index (χ4v) is 2.81. The lowest BCUT2D eigenvalue weighted by molar-refractivity contribution is 0.0946. The maximum Gasteiger partial charge on any atom is 0.255 e. The van der Waals surface area contributed by atoms with Gasteiger partial charge in [0.1, 0.15) is 5.75 Å². The number of hydrogen-bond acceptors (Lipinski definition) is 4. The number of halogens is 1. The standard InChI is InChI=1S/C21H26BrNO4/c1-4-10-26-18-9-7-16(22)13-17(18)21(24)23-14-15-6-8-19(27-11-5-2)20(12-15)25-3/h6-9,12-13H,4-5,10-11,14H2,1-3H3,(H,23,24). The van der Waals surface area contributed by atoms with Crippen LogP contribution < -0.4 is 19.5 Å². The molecule has 6 heteroatoms. The van der Waals surface area contributed by atoms with Crippen molar-refractivity contribution in [3.05, 3.63) is 52.0 Å². The Bertz CT molecular complexity index is 764. The van der Waals surface area contributed by atoms with Crippen LogP contribution in [0.2, 0.25) is 0 Å². The average Bonchev–Trinajstić information content (AvgIpc) is 2.69. The molecule has 2 rings (SSSR count). The van der Waals surface area contributed by atoms with Gasteiger partial charge in [0.05, 0.1) is 25.9 Å². The summed E-state index contributed by atoms with van der Waals surface area (Å²) < 4.78 is 17.6. The molecule has 0 aliphatic carbocycles. The molecular formula is C21H26BrNO4. The zero-order valence-electron chi connectivity index (χ0n) is 16.0. The molecule has 2 aromatic rings. The Kier molecular flexibility index (Phi) is 8.45. The van der Waals surface area contributed by atoms with Crippen LogP contribution in [-0.4, -0.2) is 26.2 Å². The maximum absolute atomic E-state index is 12.6. The van der Waals surface area contributed by atoms with Crippen molar-refractivity contribution >= 4 is 21.8 Å². The van der Waals surface area contributed by atoms with Gasteiger partial charge in [-0.3, -0.25) is 4.79 Å². The topological polar surface area (TPSA) is 56.8 Å². The minimum atomic E-state index is -0.187. The minimum Gasteiger partial charge on any atom is -0.493 e. The molecule has 0 heterocycles. The molecule has 0 saturated carbocycles. The molecular weight excluding hydrogens is 410 g/mol. The Labute approximate surface area is 169 Å². The van der Waals surface area contributed by atoms with Gasteiger partial charge in [-0.15, -0.1) is 0 Å². The second kappa shape index (κ2) is 10.8. The van der Waals surface area contributed by atoms with Gasteiger partial charge in [0.2, 0.25) is 0 Å². The third-order valence-electron chi connectivity index (χ3n) is 3.79. The average molecular weight is 436 g/mol. The van der Waals surface area contributed by atoms with E-state index in [1.165, 1.54) is 0 Å². The van der Waals surface area contributed by atoms with Gasteiger partial charge in [-0.25, -0.2) is 0 Å². The first-order valence-corrected chi connectivity index (χ1v) is 9.88. The summed E-state index contributed by atoms with van der Waals surface area (Å²) in [4.78, 5) is 12.6. The second-order valence-corrected chi connectivity index (χ2v) is 6.92. The van der Waals surface area contributed by atoms with Gasteiger partial charge in [0, 0.05) is 11.0 Å². The number of ether oxygens (including phenoxy) is 3. The third kappa shape index (κ3) is 6.17. The Balaban J connectivity index is 2.08. The van der Waals surface area contributed by atoms with E-state index < -0.39 is 0 Å². The van der Waals surface area contributed by atoms with E-state index in [4.69, 9.17) is 14.2 Å². The molecule has 1 N–H and O–H groups in total. The van der Waals surface area contributed by atoms with Crippen LogP contribution in [0, 0.1) is 0 Å². The van der Waals surface area contributed by atoms with Crippen molar-refractivity contribution in [1.82, 2.24) is 5.32 Å². The molecule has 0 aliphatic rings. The van der Waals surface area contributed by atoms with E-state index in [1.807, 2.05) is 31.2 Å². The minimum absolute atomic E-state index is 0.187. The normalized spacial score (nSPS) is 10.4. The summed E-state index contributed by atoms with van der Waals surface area (Å²) in [5.41, 5.74) is 1.43. The number of amides is 1. The molecule has 0 bridgehead atoms. The Morgan fingerprint density at radius 3 is 2.30 bits per heavy atom. The van der Waals surface area contributed by atoms with Crippen molar-refractivity contribution in [3.63, 3.8) is 0 Å². The summed E-state index contributed by atoms with van der Waals surface area (Å²) in [5, 5.41) is 2.94. The van der Waals surface area contributed by atoms with Gasteiger partial charge >= 0.3 is 0 Å². The van der Waals surface area contributed by atoms with E-state index in [0.717, 1.165) is 22.9 Å². The van der Waals surface area contributed by atoms with Gasteiger partial charge in [0.15, 0.2) is 11.5 Å². The number of carbonyl (C=O) groups excluding carboxylic acids is 1. The number of nitrogens with one attached hydrogen (secondary N) is 1. The van der Waals surface area contributed by atoms with Gasteiger partial charge in [-0.1, -0.05) is 35.8 Å². The molecule has 0 saturated heterocycles. The quantitative estimate of drug-likeness (QED) is 0.572. The van der Waals surface area contributed by atoms with Crippen LogP contribution in [0.15, 0.2) is 40.9 Å². The molecule has 0 spiro atoms. The number of methoxy groups -OCH3 is 1. The number of carbonyl (C=O) groups is 1. The molecule has 0 radical (unpaired) electrons. The summed E-state index contributed by atoms with van der Waals surface area (Å²) in [6, 6.07) is 11.1. The van der Waals surface area contributed by atoms with Crippen molar-refractivity contribution in [2.24, 2.45) is 0 Å². The summed E-state index contributed by atoms with van der Waals surface area (Å²) in [6.07, 6.45) is 1.80. The highest BCUT2D eigenvalue weighted by molar-refractivity contribution is 9.10. The lowest BCUT2D eigenvalue weighted by Crippen LogP contribution is -2.23. The van der Waals surface area contributed by atoms with Gasteiger partial charge in [-0.2, -0.15) is 0 Å². The SMILES string of the molecule is CCCOc1ccc(CNC(=O)c2cc(Br)ccc2OCCC)cc1OC. The van der Waals surface area contributed by atoms with Gasteiger partial charge in [-0.05, 0) is 48.7 Å². The fraction of sp³-hybridized carbons (Fsp3) is 0.381. The van der Waals surface area contributed by atoms with Crippen LogP contribution in [0.5, 0.6) is 17.2 Å². The highest BCUT2D eigenvalue weighted by atomic mass is 79.9. The summed E-state index contributed by atoms with van der Waals surface area (Å²) in [7, 11) is 1.61. The molecule has 2 aromatic carbocycles. The van der Waals surface area contributed by atoms with E-state index in [9.17, 15) is 4.79 Å². The second-order valence-electron chi connectivity index (χ2n) is 6.01. The molecule has 1 amide bonds. The smallest absolute Gasteiger partial charge is 0.255 e. The van der Waals surface area contributed by atoms with Crippen LogP contribution in [-0.2, 0) is 6.54 Å². The Morgan fingerprint density at radius 2 is 1.63 bits per heavy atom. The van der Waals surface area contributed by atoms with E-state index in [-0.39, 0.29) is 5.91 Å². The van der Waals surface area contributed by atoms with E-state index >= 15 is 0 Å². The lowest BCUT2D eigenvalue weighted by atomic mass is 10.1. The first-order chi connectivity index (χ1) is 13.1. The molecule has 146 valence electrons. The zero-order valence-corrected chi connectivity index (χ0v) is 17.6. The lowest BCUT2D eigenvalue weighted by Gasteiger charge is -2.13. The summed E-state index contributed by atoms with van der Waals surface area (Å²) in [6.45, 7) is 5.66. The third-order valence-corrected chi connectivity index (χ3v) is 4.28. The largest absolute Gasteiger partial charge is 0.493 e. The van der Waals surface area contributed by atoms with Crippen molar-refractivity contribution in [3.8, 4) is 17.2 Å². The van der Waals surface area contributed by atoms with Crippen molar-refractivity contribution < 1.29 is 19.0 Å². The molecule has 0 fully saturated rings. The van der Waals surface area contributed by atoms with E-state index in [1.54, 1.807) is 19.2 Å². The van der Waals surface area contributed by atoms with Crippen LogP contribution >= 0.6 is 15.9 Å². The molecule has 0 aliphatic heterocycles. The highest BCUT2D eigenvalue weighted by Gasteiger charge is 2.14. The molecule has 0 atom stereocenters. The predicted octanol–water partition coefficient (Wildman–Crippen LogP) is 4.97. The molecule has 0 aromatic heterocycles. The van der Waals surface area contributed by atoms with Crippen molar-refractivity contribution in [1.29, 1.82) is 0 Å². The summed E-state index contributed by atoms with van der Waals surface area (Å²) >= 11 is 3.41. The Hall–Kier alpha value is -2.21. The summed E-state index contributed by atoms with van der Waals surface area (Å²) in [5.74, 6) is 1.76. The maximum atomic E-state index is 12.6. The number of benzene rings is 2. The monoisotopic (exact) mass is 435 g/mol. The first-order valence-electron chi connectivity index (χ1n) is 9.09. The van der Waals surface area contributed by atoms with Crippen LogP contribution in [0.1, 0.15) is 42.6 Å². The van der Waals surface area contributed by atoms with Crippen molar-refractivity contribution in [2.45, 2.75) is 33.2 Å². The molecule has 27 heavy (non-hydrogen) atoms. The Morgan fingerprint density at radius 1 is 0.963 bits per heavy atom. The van der Waals surface area contributed by atoms with Crippen LogP contribution in [0.25, 0.3) is 0 Å². The number of rotatable bonds is 10. The molecule has 0 unspecified atom stereocenters. The zero-order chi connectivity index (χ0) is 19.6.